The third-order valence-electron chi connectivity index (χ3n) is 3.05. The number of fused-ring (bicyclic) bond motifs is 1. The van der Waals surface area contributed by atoms with Gasteiger partial charge in [0, 0.05) is 12.6 Å². The molecule has 0 aliphatic heterocycles. The number of rotatable bonds is 2. The highest BCUT2D eigenvalue weighted by molar-refractivity contribution is 6.34. The first-order valence-electron chi connectivity index (χ1n) is 5.99. The molecule has 0 fully saturated rings. The molecule has 0 aliphatic rings. The lowest BCUT2D eigenvalue weighted by Crippen LogP contribution is -1.91. The molecule has 1 aromatic carbocycles. The first kappa shape index (κ1) is 12.0. The number of imidazole rings is 1. The van der Waals surface area contributed by atoms with Crippen molar-refractivity contribution in [3.8, 4) is 11.4 Å². The first-order chi connectivity index (χ1) is 9.19. The number of aryl methyl sites for hydroxylation is 1. The van der Waals surface area contributed by atoms with Crippen LogP contribution in [0.2, 0.25) is 5.02 Å². The molecule has 0 aliphatic carbocycles. The van der Waals surface area contributed by atoms with Crippen LogP contribution in [0.1, 0.15) is 5.56 Å². The zero-order valence-electron chi connectivity index (χ0n) is 10.7. The van der Waals surface area contributed by atoms with Crippen LogP contribution in [0, 0.1) is 6.92 Å². The third kappa shape index (κ3) is 2.04. The number of aromatic nitrogens is 3. The highest BCUT2D eigenvalue weighted by Crippen LogP contribution is 2.29. The van der Waals surface area contributed by atoms with Gasteiger partial charge in [-0.15, -0.1) is 0 Å². The van der Waals surface area contributed by atoms with Crippen LogP contribution < -0.4 is 5.32 Å². The molecule has 0 unspecified atom stereocenters. The van der Waals surface area contributed by atoms with Crippen molar-refractivity contribution in [3.05, 3.63) is 40.9 Å². The van der Waals surface area contributed by atoms with Crippen molar-refractivity contribution in [1.29, 1.82) is 0 Å². The van der Waals surface area contributed by atoms with Crippen molar-refractivity contribution < 1.29 is 0 Å². The summed E-state index contributed by atoms with van der Waals surface area (Å²) in [6.45, 7) is 1.98. The molecule has 4 nitrogen and oxygen atoms in total. The van der Waals surface area contributed by atoms with Crippen molar-refractivity contribution in [2.75, 3.05) is 12.4 Å². The average Bonchev–Trinajstić information content (AvgIpc) is 2.84. The highest BCUT2D eigenvalue weighted by atomic mass is 35.5. The van der Waals surface area contributed by atoms with Gasteiger partial charge in [0.15, 0.2) is 5.65 Å². The number of halogens is 1. The van der Waals surface area contributed by atoms with Gasteiger partial charge in [0.05, 0.1) is 10.5 Å². The molecule has 0 bridgehead atoms. The van der Waals surface area contributed by atoms with Gasteiger partial charge >= 0.3 is 0 Å². The van der Waals surface area contributed by atoms with E-state index in [0.29, 0.717) is 5.65 Å². The first-order valence-corrected chi connectivity index (χ1v) is 6.37. The van der Waals surface area contributed by atoms with E-state index < -0.39 is 0 Å². The molecule has 96 valence electrons. The molecule has 0 radical (unpaired) electrons. The molecular formula is C14H13ClN4. The van der Waals surface area contributed by atoms with E-state index in [0.717, 1.165) is 33.3 Å². The Bertz CT molecular complexity index is 748. The fraction of sp³-hybridized carbons (Fsp3) is 0.143. The molecular weight excluding hydrogens is 260 g/mol. The number of hydrogen-bond acceptors (Lipinski definition) is 3. The Balaban J connectivity index is 2.18. The largest absolute Gasteiger partial charge is 0.373 e. The number of nitrogens with one attached hydrogen (secondary N) is 2. The van der Waals surface area contributed by atoms with Gasteiger partial charge in [-0.3, -0.25) is 0 Å². The summed E-state index contributed by atoms with van der Waals surface area (Å²) in [6.07, 6.45) is 0. The second-order valence-corrected chi connectivity index (χ2v) is 4.72. The lowest BCUT2D eigenvalue weighted by Gasteiger charge is -2.02. The summed E-state index contributed by atoms with van der Waals surface area (Å²) >= 11 is 6.32. The van der Waals surface area contributed by atoms with Gasteiger partial charge in [-0.25, -0.2) is 9.97 Å². The third-order valence-corrected chi connectivity index (χ3v) is 3.55. The normalized spacial score (nSPS) is 10.9. The number of hydrogen-bond donors (Lipinski definition) is 2. The van der Waals surface area contributed by atoms with Gasteiger partial charge in [-0.05, 0) is 30.7 Å². The molecule has 5 heteroatoms. The van der Waals surface area contributed by atoms with E-state index >= 15 is 0 Å². The molecule has 3 aromatic rings. The van der Waals surface area contributed by atoms with Crippen LogP contribution >= 0.6 is 11.6 Å². The minimum absolute atomic E-state index is 0.680. The van der Waals surface area contributed by atoms with Gasteiger partial charge in [0.1, 0.15) is 11.6 Å². The number of aromatic amines is 1. The smallest absolute Gasteiger partial charge is 0.180 e. The molecule has 0 saturated heterocycles. The van der Waals surface area contributed by atoms with Gasteiger partial charge in [0.2, 0.25) is 0 Å². The maximum atomic E-state index is 6.32. The van der Waals surface area contributed by atoms with E-state index in [9.17, 15) is 0 Å². The lowest BCUT2D eigenvalue weighted by molar-refractivity contribution is 1.28. The predicted octanol–water partition coefficient (Wildman–Crippen LogP) is 3.63. The standard InChI is InChI=1S/C14H13ClN4/c1-8-4-3-5-9(12(8)15)13-17-10-6-7-11(16-2)18-14(10)19-13/h3-7H,1-2H3,(H2,16,17,18,19). The van der Waals surface area contributed by atoms with Crippen LogP contribution in [-0.2, 0) is 0 Å². The number of nitrogens with zero attached hydrogens (tertiary/aromatic N) is 2. The molecule has 2 aromatic heterocycles. The van der Waals surface area contributed by atoms with Crippen LogP contribution in [0.3, 0.4) is 0 Å². The van der Waals surface area contributed by atoms with E-state index in [1.165, 1.54) is 0 Å². The number of pyridine rings is 1. The van der Waals surface area contributed by atoms with Crippen LogP contribution in [0.4, 0.5) is 5.82 Å². The Morgan fingerprint density at radius 2 is 2.00 bits per heavy atom. The van der Waals surface area contributed by atoms with E-state index in [2.05, 4.69) is 20.3 Å². The van der Waals surface area contributed by atoms with Gasteiger partial charge < -0.3 is 10.3 Å². The summed E-state index contributed by atoms with van der Waals surface area (Å²) in [7, 11) is 1.83. The summed E-state index contributed by atoms with van der Waals surface area (Å²) in [5.41, 5.74) is 3.50. The van der Waals surface area contributed by atoms with E-state index in [-0.39, 0.29) is 0 Å². The molecule has 0 amide bonds. The quantitative estimate of drug-likeness (QED) is 0.749. The van der Waals surface area contributed by atoms with Gasteiger partial charge in [0.25, 0.3) is 0 Å². The molecule has 2 heterocycles. The Kier molecular flexibility index (Phi) is 2.87. The summed E-state index contributed by atoms with van der Waals surface area (Å²) in [6, 6.07) is 9.75. The Morgan fingerprint density at radius 3 is 2.79 bits per heavy atom. The Labute approximate surface area is 115 Å². The Morgan fingerprint density at radius 1 is 1.16 bits per heavy atom. The average molecular weight is 273 g/mol. The monoisotopic (exact) mass is 272 g/mol. The zero-order chi connectivity index (χ0) is 13.4. The number of benzene rings is 1. The summed E-state index contributed by atoms with van der Waals surface area (Å²) in [4.78, 5) is 12.1. The van der Waals surface area contributed by atoms with Crippen molar-refractivity contribution in [3.63, 3.8) is 0 Å². The minimum atomic E-state index is 0.680. The van der Waals surface area contributed by atoms with Gasteiger partial charge in [-0.1, -0.05) is 23.7 Å². The van der Waals surface area contributed by atoms with Crippen LogP contribution in [0.25, 0.3) is 22.6 Å². The number of anilines is 1. The van der Waals surface area contributed by atoms with Crippen molar-refractivity contribution in [1.82, 2.24) is 15.0 Å². The fourth-order valence-electron chi connectivity index (χ4n) is 1.99. The second kappa shape index (κ2) is 4.55. The molecule has 19 heavy (non-hydrogen) atoms. The Hall–Kier alpha value is -2.07. The molecule has 2 N–H and O–H groups in total. The fourth-order valence-corrected chi connectivity index (χ4v) is 2.21. The predicted molar refractivity (Wildman–Crippen MR) is 78.6 cm³/mol. The SMILES string of the molecule is CNc1ccc2[nH]c(-c3cccc(C)c3Cl)nc2n1. The molecule has 3 rings (SSSR count). The number of H-pyrrole nitrogens is 1. The summed E-state index contributed by atoms with van der Waals surface area (Å²) in [5, 5.41) is 3.72. The van der Waals surface area contributed by atoms with E-state index in [1.54, 1.807) is 0 Å². The summed E-state index contributed by atoms with van der Waals surface area (Å²) in [5.74, 6) is 1.53. The van der Waals surface area contributed by atoms with E-state index in [4.69, 9.17) is 11.6 Å². The van der Waals surface area contributed by atoms with E-state index in [1.807, 2.05) is 44.3 Å². The van der Waals surface area contributed by atoms with Gasteiger partial charge in [-0.2, -0.15) is 0 Å². The maximum absolute atomic E-state index is 6.32. The zero-order valence-corrected chi connectivity index (χ0v) is 11.4. The minimum Gasteiger partial charge on any atom is -0.373 e. The topological polar surface area (TPSA) is 53.6 Å². The molecule has 0 saturated carbocycles. The highest BCUT2D eigenvalue weighted by Gasteiger charge is 2.11. The maximum Gasteiger partial charge on any atom is 0.180 e. The van der Waals surface area contributed by atoms with Crippen LogP contribution in [0.15, 0.2) is 30.3 Å². The van der Waals surface area contributed by atoms with Crippen LogP contribution in [0.5, 0.6) is 0 Å². The molecule has 0 spiro atoms. The van der Waals surface area contributed by atoms with Crippen molar-refractivity contribution in [2.24, 2.45) is 0 Å². The van der Waals surface area contributed by atoms with Crippen molar-refractivity contribution in [2.45, 2.75) is 6.92 Å². The molecule has 0 atom stereocenters. The second-order valence-electron chi connectivity index (χ2n) is 4.34. The van der Waals surface area contributed by atoms with Crippen molar-refractivity contribution >= 4 is 28.6 Å². The summed E-state index contributed by atoms with van der Waals surface area (Å²) < 4.78 is 0. The van der Waals surface area contributed by atoms with Crippen LogP contribution in [-0.4, -0.2) is 22.0 Å². The lowest BCUT2D eigenvalue weighted by atomic mass is 10.1.